The molecule has 2 N–H and O–H groups in total. The molecule has 1 aliphatic rings. The Bertz CT molecular complexity index is 240. The lowest BCUT2D eigenvalue weighted by molar-refractivity contribution is -0.120. The fourth-order valence-electron chi connectivity index (χ4n) is 1.88. The van der Waals surface area contributed by atoms with Crippen molar-refractivity contribution in [3.63, 3.8) is 0 Å². The van der Waals surface area contributed by atoms with Gasteiger partial charge in [0, 0.05) is 34.9 Å². The second kappa shape index (κ2) is 7.79. The summed E-state index contributed by atoms with van der Waals surface area (Å²) in [7, 11) is -0.740. The zero-order valence-corrected chi connectivity index (χ0v) is 10.8. The second-order valence-corrected chi connectivity index (χ2v) is 6.02. The van der Waals surface area contributed by atoms with Gasteiger partial charge in [0.25, 0.3) is 0 Å². The molecule has 1 rings (SSSR count). The van der Waals surface area contributed by atoms with Gasteiger partial charge in [-0.15, -0.1) is 0 Å². The summed E-state index contributed by atoms with van der Waals surface area (Å²) >= 11 is 0. The number of carbonyl (C=O) groups excluding carboxylic acids is 1. The summed E-state index contributed by atoms with van der Waals surface area (Å²) in [4.78, 5) is 11.5. The van der Waals surface area contributed by atoms with Gasteiger partial charge in [-0.25, -0.2) is 0 Å². The Balaban J connectivity index is 1.99. The van der Waals surface area contributed by atoms with Gasteiger partial charge in [-0.2, -0.15) is 0 Å². The highest BCUT2D eigenvalue weighted by molar-refractivity contribution is 7.84. The third-order valence-corrected chi connectivity index (χ3v) is 4.14. The summed E-state index contributed by atoms with van der Waals surface area (Å²) in [6.45, 7) is 2.90. The molecule has 0 spiro atoms. The predicted octanol–water partition coefficient (Wildman–Crippen LogP) is 0.403. The zero-order chi connectivity index (χ0) is 11.8. The van der Waals surface area contributed by atoms with Gasteiger partial charge >= 0.3 is 0 Å². The third kappa shape index (κ3) is 5.61. The normalized spacial score (nSPS) is 18.6. The molecule has 0 aromatic heterocycles. The van der Waals surface area contributed by atoms with Gasteiger partial charge < -0.3 is 10.6 Å². The third-order valence-electron chi connectivity index (χ3n) is 2.83. The number of hydrogen-bond acceptors (Lipinski definition) is 3. The van der Waals surface area contributed by atoms with Gasteiger partial charge in [0.1, 0.15) is 0 Å². The van der Waals surface area contributed by atoms with Crippen molar-refractivity contribution >= 4 is 16.7 Å². The molecular formula is C11H22N2O2S. The molecule has 0 bridgehead atoms. The SMILES string of the molecule is CCS(=O)CCNCC(=O)NC1CCCC1. The van der Waals surface area contributed by atoms with Crippen molar-refractivity contribution in [3.8, 4) is 0 Å². The van der Waals surface area contributed by atoms with Crippen LogP contribution in [0.25, 0.3) is 0 Å². The summed E-state index contributed by atoms with van der Waals surface area (Å²) < 4.78 is 11.1. The molecule has 0 radical (unpaired) electrons. The van der Waals surface area contributed by atoms with Crippen LogP contribution in [0, 0.1) is 0 Å². The first-order chi connectivity index (χ1) is 7.72. The molecule has 0 heterocycles. The lowest BCUT2D eigenvalue weighted by atomic mass is 10.2. The van der Waals surface area contributed by atoms with E-state index in [1.807, 2.05) is 6.92 Å². The molecule has 1 fully saturated rings. The first-order valence-corrected chi connectivity index (χ1v) is 7.56. The molecule has 1 aliphatic carbocycles. The van der Waals surface area contributed by atoms with E-state index in [1.165, 1.54) is 12.8 Å². The van der Waals surface area contributed by atoms with Gasteiger partial charge in [-0.05, 0) is 12.8 Å². The summed E-state index contributed by atoms with van der Waals surface area (Å²) in [5, 5.41) is 6.02. The highest BCUT2D eigenvalue weighted by Crippen LogP contribution is 2.17. The van der Waals surface area contributed by atoms with E-state index in [0.717, 1.165) is 12.8 Å². The first-order valence-electron chi connectivity index (χ1n) is 6.07. The number of nitrogens with one attached hydrogen (secondary N) is 2. The van der Waals surface area contributed by atoms with E-state index in [1.54, 1.807) is 0 Å². The van der Waals surface area contributed by atoms with Crippen molar-refractivity contribution < 1.29 is 9.00 Å². The lowest BCUT2D eigenvalue weighted by Gasteiger charge is -2.12. The minimum atomic E-state index is -0.740. The summed E-state index contributed by atoms with van der Waals surface area (Å²) in [5.41, 5.74) is 0. The molecule has 1 unspecified atom stereocenters. The Morgan fingerprint density at radius 3 is 2.69 bits per heavy atom. The van der Waals surface area contributed by atoms with E-state index in [2.05, 4.69) is 10.6 Å². The Hall–Kier alpha value is -0.420. The average Bonchev–Trinajstić information content (AvgIpc) is 2.76. The maximum Gasteiger partial charge on any atom is 0.234 e. The van der Waals surface area contributed by atoms with Crippen molar-refractivity contribution in [2.75, 3.05) is 24.6 Å². The highest BCUT2D eigenvalue weighted by Gasteiger charge is 2.16. The second-order valence-electron chi connectivity index (χ2n) is 4.16. The Labute approximate surface area is 100 Å². The van der Waals surface area contributed by atoms with Crippen LogP contribution in [0.4, 0.5) is 0 Å². The molecule has 16 heavy (non-hydrogen) atoms. The summed E-state index contributed by atoms with van der Waals surface area (Å²) in [6.07, 6.45) is 4.69. The molecule has 0 aromatic rings. The maximum atomic E-state index is 11.5. The Morgan fingerprint density at radius 2 is 2.06 bits per heavy atom. The fraction of sp³-hybridized carbons (Fsp3) is 0.909. The molecule has 1 amide bonds. The standard InChI is InChI=1S/C11H22N2O2S/c1-2-16(15)8-7-12-9-11(14)13-10-5-3-4-6-10/h10,12H,2-9H2,1H3,(H,13,14). The smallest absolute Gasteiger partial charge is 0.234 e. The van der Waals surface area contributed by atoms with Gasteiger partial charge in [0.15, 0.2) is 0 Å². The van der Waals surface area contributed by atoms with Crippen LogP contribution in [-0.2, 0) is 15.6 Å². The monoisotopic (exact) mass is 246 g/mol. The number of rotatable bonds is 7. The van der Waals surface area contributed by atoms with Crippen LogP contribution in [-0.4, -0.2) is 40.8 Å². The summed E-state index contributed by atoms with van der Waals surface area (Å²) in [5.74, 6) is 1.39. The molecule has 4 nitrogen and oxygen atoms in total. The maximum absolute atomic E-state index is 11.5. The number of hydrogen-bond donors (Lipinski definition) is 2. The van der Waals surface area contributed by atoms with E-state index in [9.17, 15) is 9.00 Å². The van der Waals surface area contributed by atoms with Crippen molar-refractivity contribution in [2.24, 2.45) is 0 Å². The minimum absolute atomic E-state index is 0.0641. The van der Waals surface area contributed by atoms with E-state index >= 15 is 0 Å². The predicted molar refractivity (Wildman–Crippen MR) is 66.8 cm³/mol. The topological polar surface area (TPSA) is 58.2 Å². The number of amides is 1. The van der Waals surface area contributed by atoms with Crippen LogP contribution >= 0.6 is 0 Å². The quantitative estimate of drug-likeness (QED) is 0.639. The molecule has 1 atom stereocenters. The van der Waals surface area contributed by atoms with Crippen LogP contribution in [0.5, 0.6) is 0 Å². The van der Waals surface area contributed by atoms with Crippen LogP contribution in [0.2, 0.25) is 0 Å². The Morgan fingerprint density at radius 1 is 1.38 bits per heavy atom. The summed E-state index contributed by atoms with van der Waals surface area (Å²) in [6, 6.07) is 0.388. The van der Waals surface area contributed by atoms with Gasteiger partial charge in [-0.3, -0.25) is 9.00 Å². The van der Waals surface area contributed by atoms with Crippen LogP contribution < -0.4 is 10.6 Å². The number of carbonyl (C=O) groups is 1. The van der Waals surface area contributed by atoms with E-state index in [4.69, 9.17) is 0 Å². The fourth-order valence-corrected chi connectivity index (χ4v) is 2.54. The van der Waals surface area contributed by atoms with Crippen molar-refractivity contribution in [1.29, 1.82) is 0 Å². The van der Waals surface area contributed by atoms with E-state index < -0.39 is 10.8 Å². The molecule has 0 aromatic carbocycles. The lowest BCUT2D eigenvalue weighted by Crippen LogP contribution is -2.40. The van der Waals surface area contributed by atoms with Crippen molar-refractivity contribution in [3.05, 3.63) is 0 Å². The van der Waals surface area contributed by atoms with E-state index in [-0.39, 0.29) is 5.91 Å². The molecule has 0 saturated heterocycles. The van der Waals surface area contributed by atoms with Gasteiger partial charge in [-0.1, -0.05) is 19.8 Å². The Kier molecular flexibility index (Phi) is 6.64. The van der Waals surface area contributed by atoms with Crippen LogP contribution in [0.15, 0.2) is 0 Å². The van der Waals surface area contributed by atoms with Gasteiger partial charge in [0.05, 0.1) is 6.54 Å². The highest BCUT2D eigenvalue weighted by atomic mass is 32.2. The zero-order valence-electron chi connectivity index (χ0n) is 9.96. The first kappa shape index (κ1) is 13.6. The van der Waals surface area contributed by atoms with E-state index in [0.29, 0.717) is 30.6 Å². The largest absolute Gasteiger partial charge is 0.352 e. The van der Waals surface area contributed by atoms with Crippen LogP contribution in [0.1, 0.15) is 32.6 Å². The average molecular weight is 246 g/mol. The van der Waals surface area contributed by atoms with Crippen molar-refractivity contribution in [1.82, 2.24) is 10.6 Å². The molecule has 1 saturated carbocycles. The minimum Gasteiger partial charge on any atom is -0.352 e. The molecular weight excluding hydrogens is 224 g/mol. The van der Waals surface area contributed by atoms with Gasteiger partial charge in [0.2, 0.25) is 5.91 Å². The van der Waals surface area contributed by atoms with Crippen LogP contribution in [0.3, 0.4) is 0 Å². The molecule has 5 heteroatoms. The molecule has 94 valence electrons. The van der Waals surface area contributed by atoms with Crippen molar-refractivity contribution in [2.45, 2.75) is 38.6 Å². The molecule has 0 aliphatic heterocycles.